The maximum atomic E-state index is 5.50. The number of ether oxygens (including phenoxy) is 2. The van der Waals surface area contributed by atoms with Crippen LogP contribution in [0.4, 0.5) is 11.9 Å². The highest BCUT2D eigenvalue weighted by molar-refractivity contribution is 5.35. The average molecular weight is 297 g/mol. The molecule has 120 valence electrons. The normalized spacial score (nSPS) is 12.0. The Hall–Kier alpha value is -1.63. The van der Waals surface area contributed by atoms with E-state index in [1.807, 2.05) is 6.92 Å². The lowest BCUT2D eigenvalue weighted by atomic mass is 10.2. The van der Waals surface area contributed by atoms with Crippen molar-refractivity contribution in [3.05, 3.63) is 0 Å². The van der Waals surface area contributed by atoms with Crippen molar-refractivity contribution < 1.29 is 9.47 Å². The van der Waals surface area contributed by atoms with Crippen LogP contribution in [-0.4, -0.2) is 48.4 Å². The highest BCUT2D eigenvalue weighted by Gasteiger charge is 2.08. The predicted molar refractivity (Wildman–Crippen MR) is 83.9 cm³/mol. The number of nitrogens with zero attached hydrogens (tertiary/aromatic N) is 3. The highest BCUT2D eigenvalue weighted by Crippen LogP contribution is 2.12. The number of methoxy groups -OCH3 is 1. The number of hydrogen-bond donors (Lipinski definition) is 2. The molecule has 0 spiro atoms. The van der Waals surface area contributed by atoms with E-state index in [2.05, 4.69) is 39.4 Å². The monoisotopic (exact) mass is 297 g/mol. The number of rotatable bonds is 11. The average Bonchev–Trinajstić information content (AvgIpc) is 2.49. The molecule has 0 aliphatic rings. The third-order valence-corrected chi connectivity index (χ3v) is 2.64. The summed E-state index contributed by atoms with van der Waals surface area (Å²) in [5.41, 5.74) is 0. The zero-order valence-electron chi connectivity index (χ0n) is 13.5. The van der Waals surface area contributed by atoms with Gasteiger partial charge in [0.15, 0.2) is 0 Å². The lowest BCUT2D eigenvalue weighted by Gasteiger charge is -2.13. The van der Waals surface area contributed by atoms with Gasteiger partial charge in [0.2, 0.25) is 11.9 Å². The molecular formula is C14H27N5O2. The molecule has 1 atom stereocenters. The molecule has 0 amide bonds. The molecule has 1 aromatic rings. The van der Waals surface area contributed by atoms with Crippen molar-refractivity contribution in [3.63, 3.8) is 0 Å². The maximum absolute atomic E-state index is 5.50. The summed E-state index contributed by atoms with van der Waals surface area (Å²) in [5, 5.41) is 6.36. The second kappa shape index (κ2) is 10.1. The van der Waals surface area contributed by atoms with Gasteiger partial charge < -0.3 is 20.1 Å². The first-order valence-electron chi connectivity index (χ1n) is 7.55. The van der Waals surface area contributed by atoms with E-state index in [-0.39, 0.29) is 0 Å². The van der Waals surface area contributed by atoms with Crippen LogP contribution in [0.15, 0.2) is 0 Å². The van der Waals surface area contributed by atoms with Crippen molar-refractivity contribution in [3.8, 4) is 6.01 Å². The lowest BCUT2D eigenvalue weighted by molar-refractivity contribution is 0.164. The van der Waals surface area contributed by atoms with Gasteiger partial charge in [-0.2, -0.15) is 15.0 Å². The molecule has 1 unspecified atom stereocenters. The van der Waals surface area contributed by atoms with Gasteiger partial charge in [0.05, 0.1) is 13.2 Å². The zero-order chi connectivity index (χ0) is 15.5. The molecule has 0 bridgehead atoms. The minimum Gasteiger partial charge on any atom is -0.463 e. The molecule has 21 heavy (non-hydrogen) atoms. The summed E-state index contributed by atoms with van der Waals surface area (Å²) in [6, 6.07) is 0.354. The zero-order valence-corrected chi connectivity index (χ0v) is 13.5. The fraction of sp³-hybridized carbons (Fsp3) is 0.786. The van der Waals surface area contributed by atoms with E-state index in [0.29, 0.717) is 37.0 Å². The summed E-state index contributed by atoms with van der Waals surface area (Å²) >= 11 is 0. The Morgan fingerprint density at radius 2 is 1.76 bits per heavy atom. The Morgan fingerprint density at radius 1 is 1.05 bits per heavy atom. The molecule has 0 radical (unpaired) electrons. The van der Waals surface area contributed by atoms with Gasteiger partial charge in [0, 0.05) is 20.2 Å². The van der Waals surface area contributed by atoms with Crippen LogP contribution in [0.25, 0.3) is 0 Å². The van der Waals surface area contributed by atoms with E-state index in [1.165, 1.54) is 0 Å². The first-order valence-corrected chi connectivity index (χ1v) is 7.55. The third-order valence-electron chi connectivity index (χ3n) is 2.64. The lowest BCUT2D eigenvalue weighted by Crippen LogP contribution is -2.18. The van der Waals surface area contributed by atoms with Crippen LogP contribution in [0.1, 0.15) is 33.6 Å². The number of anilines is 2. The summed E-state index contributed by atoms with van der Waals surface area (Å²) in [6.45, 7) is 9.07. The van der Waals surface area contributed by atoms with Gasteiger partial charge in [0.1, 0.15) is 0 Å². The smallest absolute Gasteiger partial charge is 0.323 e. The number of hydrogen-bond acceptors (Lipinski definition) is 7. The van der Waals surface area contributed by atoms with Crippen molar-refractivity contribution in [1.29, 1.82) is 0 Å². The molecular weight excluding hydrogens is 270 g/mol. The summed E-state index contributed by atoms with van der Waals surface area (Å²) in [7, 11) is 1.70. The van der Waals surface area contributed by atoms with Crippen LogP contribution in [-0.2, 0) is 4.74 Å². The molecule has 1 rings (SSSR count). The Labute approximate surface area is 126 Å². The van der Waals surface area contributed by atoms with Crippen LogP contribution >= 0.6 is 0 Å². The van der Waals surface area contributed by atoms with E-state index >= 15 is 0 Å². The van der Waals surface area contributed by atoms with Crippen LogP contribution < -0.4 is 15.4 Å². The number of aromatic nitrogens is 3. The molecule has 0 aliphatic carbocycles. The number of nitrogens with one attached hydrogen (secondary N) is 2. The topological polar surface area (TPSA) is 81.2 Å². The maximum Gasteiger partial charge on any atom is 0.323 e. The van der Waals surface area contributed by atoms with Gasteiger partial charge >= 0.3 is 6.01 Å². The molecule has 2 N–H and O–H groups in total. The van der Waals surface area contributed by atoms with Crippen molar-refractivity contribution in [1.82, 2.24) is 15.0 Å². The molecule has 0 saturated heterocycles. The molecule has 1 aromatic heterocycles. The van der Waals surface area contributed by atoms with Crippen molar-refractivity contribution in [2.45, 2.75) is 33.6 Å². The fourth-order valence-electron chi connectivity index (χ4n) is 1.62. The quantitative estimate of drug-likeness (QED) is 0.648. The minimum atomic E-state index is 0.354. The van der Waals surface area contributed by atoms with Crippen molar-refractivity contribution in [2.24, 2.45) is 5.92 Å². The molecule has 7 heteroatoms. The Morgan fingerprint density at radius 3 is 2.38 bits per heavy atom. The van der Waals surface area contributed by atoms with E-state index < -0.39 is 0 Å². The fourth-order valence-corrected chi connectivity index (χ4v) is 1.62. The Bertz CT molecular complexity index is 377. The molecule has 7 nitrogen and oxygen atoms in total. The van der Waals surface area contributed by atoms with Gasteiger partial charge in [-0.15, -0.1) is 0 Å². The highest BCUT2D eigenvalue weighted by atomic mass is 16.5. The SMILES string of the molecule is CCCNc1nc(NCC(C)COC)nc(OCCC)n1. The van der Waals surface area contributed by atoms with Gasteiger partial charge in [-0.1, -0.05) is 20.8 Å². The van der Waals surface area contributed by atoms with Crippen LogP contribution in [0.3, 0.4) is 0 Å². The predicted octanol–water partition coefficient (Wildman–Crippen LogP) is 2.18. The summed E-state index contributed by atoms with van der Waals surface area (Å²) in [6.07, 6.45) is 1.92. The minimum absolute atomic E-state index is 0.354. The molecule has 0 fully saturated rings. The Balaban J connectivity index is 2.70. The second-order valence-electron chi connectivity index (χ2n) is 4.98. The summed E-state index contributed by atoms with van der Waals surface area (Å²) < 4.78 is 10.6. The second-order valence-corrected chi connectivity index (χ2v) is 4.98. The van der Waals surface area contributed by atoms with Crippen LogP contribution in [0.5, 0.6) is 6.01 Å². The van der Waals surface area contributed by atoms with E-state index in [4.69, 9.17) is 9.47 Å². The van der Waals surface area contributed by atoms with Crippen LogP contribution in [0, 0.1) is 5.92 Å². The van der Waals surface area contributed by atoms with Gasteiger partial charge in [0.25, 0.3) is 0 Å². The van der Waals surface area contributed by atoms with Gasteiger partial charge in [-0.05, 0) is 18.8 Å². The molecule has 1 heterocycles. The third kappa shape index (κ3) is 7.08. The summed E-state index contributed by atoms with van der Waals surface area (Å²) in [4.78, 5) is 12.9. The molecule has 0 aromatic carbocycles. The van der Waals surface area contributed by atoms with E-state index in [1.54, 1.807) is 7.11 Å². The van der Waals surface area contributed by atoms with Crippen molar-refractivity contribution >= 4 is 11.9 Å². The van der Waals surface area contributed by atoms with Gasteiger partial charge in [-0.3, -0.25) is 0 Å². The summed E-state index contributed by atoms with van der Waals surface area (Å²) in [5.74, 6) is 1.44. The van der Waals surface area contributed by atoms with Gasteiger partial charge in [-0.25, -0.2) is 0 Å². The Kier molecular flexibility index (Phi) is 8.42. The molecule has 0 saturated carbocycles. The largest absolute Gasteiger partial charge is 0.463 e. The van der Waals surface area contributed by atoms with E-state index in [0.717, 1.165) is 25.9 Å². The standard InChI is InChI=1S/C14H27N5O2/c1-5-7-15-12-17-13(16-9-11(3)10-20-4)19-14(18-12)21-8-6-2/h11H,5-10H2,1-4H3,(H2,15,16,17,18,19). The first kappa shape index (κ1) is 17.4. The van der Waals surface area contributed by atoms with Crippen LogP contribution in [0.2, 0.25) is 0 Å². The van der Waals surface area contributed by atoms with Crippen molar-refractivity contribution in [2.75, 3.05) is 44.0 Å². The van der Waals surface area contributed by atoms with E-state index in [9.17, 15) is 0 Å². The molecule has 0 aliphatic heterocycles. The first-order chi connectivity index (χ1) is 10.2.